The summed E-state index contributed by atoms with van der Waals surface area (Å²) < 4.78 is 39.1. The number of unbranched alkanes of at least 4 members (excludes halogenated alkanes) is 20. The van der Waals surface area contributed by atoms with Gasteiger partial charge >= 0.3 is 25.7 Å². The Kier molecular flexibility index (Phi) is 43.2. The molecule has 12 heteroatoms. The monoisotopic (exact) mass is 897 g/mol. The smallest absolute Gasteiger partial charge is 0.462 e. The van der Waals surface area contributed by atoms with E-state index in [-0.39, 0.29) is 25.9 Å². The highest BCUT2D eigenvalue weighted by molar-refractivity contribution is 7.47. The molecule has 3 atom stereocenters. The Balaban J connectivity index is 4.78. The third-order valence-corrected chi connectivity index (χ3v) is 11.2. The van der Waals surface area contributed by atoms with Crippen molar-refractivity contribution in [2.45, 2.75) is 226 Å². The average molecular weight is 897 g/mol. The first kappa shape index (κ1) is 59.4. The summed E-state index contributed by atoms with van der Waals surface area (Å²) in [5.74, 6) is -1.56. The number of phosphoric ester groups is 1. The number of hydrogen-bond acceptors (Lipinski definition) is 10. The quantitative estimate of drug-likeness (QED) is 0.0197. The number of aliphatic hydroxyl groups excluding tert-OH is 1. The van der Waals surface area contributed by atoms with Gasteiger partial charge in [-0.15, -0.1) is 0 Å². The molecule has 0 radical (unpaired) electrons. The number of rotatable bonds is 45. The van der Waals surface area contributed by atoms with Crippen LogP contribution in [0.5, 0.6) is 0 Å². The second-order valence-electron chi connectivity index (χ2n) is 16.3. The van der Waals surface area contributed by atoms with Gasteiger partial charge in [0.25, 0.3) is 0 Å². The molecule has 0 aliphatic heterocycles. The first-order valence-electron chi connectivity index (χ1n) is 24.5. The fourth-order valence-electron chi connectivity index (χ4n) is 6.55. The van der Waals surface area contributed by atoms with Crippen molar-refractivity contribution in [1.29, 1.82) is 0 Å². The van der Waals surface area contributed by atoms with Crippen molar-refractivity contribution >= 4 is 25.7 Å². The molecule has 11 nitrogen and oxygen atoms in total. The first-order chi connectivity index (χ1) is 30.2. The van der Waals surface area contributed by atoms with Crippen molar-refractivity contribution in [3.05, 3.63) is 48.6 Å². The number of hydrogen-bond donors (Lipinski definition) is 2. The SMILES string of the molecule is CC/C=C\C/C=C\C/C=C\C/C=C\CCC(=O)OC(COC(=O)CCCCCCCCCCC)COP(=O)(O)OCC(CO)OC(=O)CCCCCCCCCCCCCCC. The maximum Gasteiger partial charge on any atom is 0.472 e. The van der Waals surface area contributed by atoms with Crippen molar-refractivity contribution < 1.29 is 52.2 Å². The summed E-state index contributed by atoms with van der Waals surface area (Å²) in [6.07, 6.45) is 44.0. The predicted octanol–water partition coefficient (Wildman–Crippen LogP) is 13.5. The van der Waals surface area contributed by atoms with Crippen LogP contribution in [0.2, 0.25) is 0 Å². The van der Waals surface area contributed by atoms with Crippen LogP contribution >= 0.6 is 7.82 Å². The third kappa shape index (κ3) is 42.7. The normalized spacial score (nSPS) is 14.0. The molecule has 2 N–H and O–H groups in total. The van der Waals surface area contributed by atoms with Gasteiger partial charge in [0, 0.05) is 19.3 Å². The second-order valence-corrected chi connectivity index (χ2v) is 17.7. The molecular formula is C50H89O11P. The van der Waals surface area contributed by atoms with Crippen molar-refractivity contribution in [1.82, 2.24) is 0 Å². The number of aliphatic hydroxyl groups is 1. The Morgan fingerprint density at radius 1 is 0.468 bits per heavy atom. The van der Waals surface area contributed by atoms with Crippen molar-refractivity contribution in [2.24, 2.45) is 0 Å². The predicted molar refractivity (Wildman–Crippen MR) is 252 cm³/mol. The Morgan fingerprint density at radius 3 is 1.29 bits per heavy atom. The molecule has 62 heavy (non-hydrogen) atoms. The van der Waals surface area contributed by atoms with E-state index in [1.807, 2.05) is 12.2 Å². The minimum absolute atomic E-state index is 0.0489. The molecule has 360 valence electrons. The maximum atomic E-state index is 12.8. The Morgan fingerprint density at radius 2 is 0.839 bits per heavy atom. The Labute approximate surface area is 377 Å². The van der Waals surface area contributed by atoms with Crippen LogP contribution in [0.4, 0.5) is 0 Å². The molecule has 0 bridgehead atoms. The van der Waals surface area contributed by atoms with Gasteiger partial charge in [0.2, 0.25) is 0 Å². The zero-order valence-electron chi connectivity index (χ0n) is 39.3. The molecule has 0 amide bonds. The summed E-state index contributed by atoms with van der Waals surface area (Å²) >= 11 is 0. The average Bonchev–Trinajstić information content (AvgIpc) is 3.25. The number of phosphoric acid groups is 1. The molecule has 0 aromatic heterocycles. The fraction of sp³-hybridized carbons (Fsp3) is 0.780. The third-order valence-electron chi connectivity index (χ3n) is 10.3. The van der Waals surface area contributed by atoms with Crippen LogP contribution in [0, 0.1) is 0 Å². The zero-order valence-corrected chi connectivity index (χ0v) is 40.2. The summed E-state index contributed by atoms with van der Waals surface area (Å²) in [5.41, 5.74) is 0. The topological polar surface area (TPSA) is 155 Å². The van der Waals surface area contributed by atoms with E-state index < -0.39 is 57.8 Å². The minimum atomic E-state index is -4.75. The molecule has 3 unspecified atom stereocenters. The van der Waals surface area contributed by atoms with Gasteiger partial charge in [0.05, 0.1) is 19.8 Å². The molecule has 0 rings (SSSR count). The van der Waals surface area contributed by atoms with E-state index in [1.165, 1.54) is 89.9 Å². The molecule has 0 fully saturated rings. The van der Waals surface area contributed by atoms with Crippen molar-refractivity contribution in [3.63, 3.8) is 0 Å². The van der Waals surface area contributed by atoms with Gasteiger partial charge in [-0.25, -0.2) is 4.57 Å². The van der Waals surface area contributed by atoms with Crippen LogP contribution in [0.25, 0.3) is 0 Å². The van der Waals surface area contributed by atoms with Crippen molar-refractivity contribution in [3.8, 4) is 0 Å². The summed E-state index contributed by atoms with van der Waals surface area (Å²) in [4.78, 5) is 48.0. The molecule has 0 aromatic rings. The highest BCUT2D eigenvalue weighted by Crippen LogP contribution is 2.43. The summed E-state index contributed by atoms with van der Waals surface area (Å²) in [5, 5.41) is 9.74. The van der Waals surface area contributed by atoms with E-state index in [0.717, 1.165) is 64.2 Å². The van der Waals surface area contributed by atoms with Gasteiger partial charge in [-0.3, -0.25) is 23.4 Å². The maximum absolute atomic E-state index is 12.8. The van der Waals surface area contributed by atoms with Gasteiger partial charge in [0.15, 0.2) is 6.10 Å². The number of carbonyl (C=O) groups excluding carboxylic acids is 3. The number of allylic oxidation sites excluding steroid dienone is 8. The van der Waals surface area contributed by atoms with Crippen molar-refractivity contribution in [2.75, 3.05) is 26.4 Å². The van der Waals surface area contributed by atoms with Crippen LogP contribution in [0.1, 0.15) is 213 Å². The zero-order chi connectivity index (χ0) is 45.6. The molecule has 0 aliphatic carbocycles. The van der Waals surface area contributed by atoms with Crippen LogP contribution in [0.15, 0.2) is 48.6 Å². The Bertz CT molecular complexity index is 1230. The van der Waals surface area contributed by atoms with Gasteiger partial charge in [-0.2, -0.15) is 0 Å². The highest BCUT2D eigenvalue weighted by atomic mass is 31.2. The molecule has 0 aromatic carbocycles. The van der Waals surface area contributed by atoms with Gasteiger partial charge in [-0.05, 0) is 44.9 Å². The summed E-state index contributed by atoms with van der Waals surface area (Å²) in [7, 11) is -4.75. The Hall–Kier alpha value is -2.56. The minimum Gasteiger partial charge on any atom is -0.462 e. The largest absolute Gasteiger partial charge is 0.472 e. The summed E-state index contributed by atoms with van der Waals surface area (Å²) in [6, 6.07) is 0. The van der Waals surface area contributed by atoms with Crippen LogP contribution in [-0.4, -0.2) is 66.5 Å². The van der Waals surface area contributed by atoms with Gasteiger partial charge < -0.3 is 24.2 Å². The lowest BCUT2D eigenvalue weighted by molar-refractivity contribution is -0.161. The second kappa shape index (κ2) is 45.0. The molecule has 0 aliphatic rings. The van der Waals surface area contributed by atoms with E-state index in [4.69, 9.17) is 23.3 Å². The standard InChI is InChI=1S/C50H89O11P/c1-4-7-10-13-16-19-21-23-25-28-31-34-37-40-49(53)60-46(42-51)44-58-62(55,56)59-45-47(43-57-48(52)39-36-33-30-27-18-15-12-9-6-3)61-50(54)41-38-35-32-29-26-24-22-20-17-14-11-8-5-2/h8,11,17,20,24,26,32,35,46-47,51H,4-7,9-10,12-16,18-19,21-23,25,27-31,33-34,36-45H2,1-3H3,(H,55,56)/b11-8-,20-17-,26-24-,35-32-. The van der Waals surface area contributed by atoms with E-state index in [0.29, 0.717) is 19.3 Å². The molecule has 0 spiro atoms. The summed E-state index contributed by atoms with van der Waals surface area (Å²) in [6.45, 7) is 4.41. The van der Waals surface area contributed by atoms with E-state index in [2.05, 4.69) is 57.2 Å². The molecular weight excluding hydrogens is 808 g/mol. The van der Waals surface area contributed by atoms with Crippen LogP contribution < -0.4 is 0 Å². The van der Waals surface area contributed by atoms with E-state index in [9.17, 15) is 28.9 Å². The molecule has 0 saturated heterocycles. The van der Waals surface area contributed by atoms with Crippen LogP contribution in [-0.2, 0) is 42.2 Å². The molecule has 0 heterocycles. The fourth-order valence-corrected chi connectivity index (χ4v) is 7.33. The van der Waals surface area contributed by atoms with Crippen LogP contribution in [0.3, 0.4) is 0 Å². The number of ether oxygens (including phenoxy) is 3. The lowest BCUT2D eigenvalue weighted by Gasteiger charge is -2.21. The van der Waals surface area contributed by atoms with E-state index >= 15 is 0 Å². The first-order valence-corrected chi connectivity index (χ1v) is 26.0. The lowest BCUT2D eigenvalue weighted by atomic mass is 10.0. The number of carbonyl (C=O) groups is 3. The molecule has 0 saturated carbocycles. The lowest BCUT2D eigenvalue weighted by Crippen LogP contribution is -2.30. The van der Waals surface area contributed by atoms with Gasteiger partial charge in [-0.1, -0.05) is 198 Å². The van der Waals surface area contributed by atoms with E-state index in [1.54, 1.807) is 0 Å². The highest BCUT2D eigenvalue weighted by Gasteiger charge is 2.28. The van der Waals surface area contributed by atoms with Gasteiger partial charge in [0.1, 0.15) is 12.7 Å². The number of esters is 3.